The number of aromatic nitrogens is 1. The second-order valence-electron chi connectivity index (χ2n) is 3.32. The number of likely N-dealkylation sites (N-methyl/N-ethyl adjacent to an activating group) is 1. The minimum Gasteiger partial charge on any atom is -0.373 e. The predicted octanol–water partition coefficient (Wildman–Crippen LogP) is -0.0108. The first kappa shape index (κ1) is 13.0. The highest BCUT2D eigenvalue weighted by molar-refractivity contribution is 5.96. The van der Waals surface area contributed by atoms with Gasteiger partial charge in [-0.3, -0.25) is 9.59 Å². The minimum atomic E-state index is -0.296. The van der Waals surface area contributed by atoms with Crippen molar-refractivity contribution in [3.05, 3.63) is 23.9 Å². The molecule has 0 saturated carbocycles. The topological polar surface area (TPSA) is 83.1 Å². The fraction of sp³-hybridized carbons (Fsp3) is 0.364. The van der Waals surface area contributed by atoms with Gasteiger partial charge in [0.05, 0.1) is 6.54 Å². The van der Waals surface area contributed by atoms with Crippen LogP contribution in [0.1, 0.15) is 17.3 Å². The normalized spacial score (nSPS) is 9.53. The fourth-order valence-corrected chi connectivity index (χ4v) is 1.23. The second kappa shape index (κ2) is 6.47. The summed E-state index contributed by atoms with van der Waals surface area (Å²) in [5.41, 5.74) is 0.466. The lowest BCUT2D eigenvalue weighted by molar-refractivity contribution is -0.120. The van der Waals surface area contributed by atoms with Gasteiger partial charge in [0.1, 0.15) is 5.82 Å². The standard InChI is InChI=1S/C11H16N4O2/c1-3-13-10(16)7-15-11(17)8-4-5-14-9(6-8)12-2/h4-6H,3,7H2,1-2H3,(H,12,14)(H,13,16)(H,15,17). The summed E-state index contributed by atoms with van der Waals surface area (Å²) < 4.78 is 0. The number of carbonyl (C=O) groups excluding carboxylic acids is 2. The molecule has 1 rings (SSSR count). The van der Waals surface area contributed by atoms with Crippen LogP contribution in [-0.4, -0.2) is 36.9 Å². The van der Waals surface area contributed by atoms with Crippen LogP contribution < -0.4 is 16.0 Å². The van der Waals surface area contributed by atoms with Gasteiger partial charge in [-0.15, -0.1) is 0 Å². The van der Waals surface area contributed by atoms with Crippen LogP contribution in [0.25, 0.3) is 0 Å². The second-order valence-corrected chi connectivity index (χ2v) is 3.32. The number of hydrogen-bond acceptors (Lipinski definition) is 4. The Balaban J connectivity index is 2.54. The summed E-state index contributed by atoms with van der Waals surface area (Å²) in [7, 11) is 1.72. The Kier molecular flexibility index (Phi) is 4.93. The Labute approximate surface area is 99.8 Å². The molecule has 0 bridgehead atoms. The van der Waals surface area contributed by atoms with Crippen molar-refractivity contribution in [1.82, 2.24) is 15.6 Å². The van der Waals surface area contributed by atoms with Crippen molar-refractivity contribution >= 4 is 17.6 Å². The smallest absolute Gasteiger partial charge is 0.251 e. The van der Waals surface area contributed by atoms with Gasteiger partial charge < -0.3 is 16.0 Å². The largest absolute Gasteiger partial charge is 0.373 e. The quantitative estimate of drug-likeness (QED) is 0.671. The molecule has 0 aliphatic rings. The minimum absolute atomic E-state index is 0.0239. The van der Waals surface area contributed by atoms with Crippen molar-refractivity contribution in [1.29, 1.82) is 0 Å². The molecule has 92 valence electrons. The Bertz CT molecular complexity index is 406. The molecule has 1 heterocycles. The maximum absolute atomic E-state index is 11.7. The third-order valence-electron chi connectivity index (χ3n) is 2.06. The van der Waals surface area contributed by atoms with Gasteiger partial charge in [0.15, 0.2) is 0 Å². The van der Waals surface area contributed by atoms with E-state index in [1.807, 2.05) is 6.92 Å². The molecule has 0 aliphatic carbocycles. The van der Waals surface area contributed by atoms with E-state index in [4.69, 9.17) is 0 Å². The van der Waals surface area contributed by atoms with Gasteiger partial charge in [0, 0.05) is 25.4 Å². The molecule has 0 aromatic carbocycles. The first-order chi connectivity index (χ1) is 8.17. The van der Waals surface area contributed by atoms with Crippen LogP contribution in [0.5, 0.6) is 0 Å². The average molecular weight is 236 g/mol. The third-order valence-corrected chi connectivity index (χ3v) is 2.06. The van der Waals surface area contributed by atoms with E-state index in [0.29, 0.717) is 17.9 Å². The first-order valence-corrected chi connectivity index (χ1v) is 5.36. The van der Waals surface area contributed by atoms with E-state index >= 15 is 0 Å². The van der Waals surface area contributed by atoms with Crippen LogP contribution in [0.4, 0.5) is 5.82 Å². The van der Waals surface area contributed by atoms with Crippen LogP contribution in [0.3, 0.4) is 0 Å². The lowest BCUT2D eigenvalue weighted by Gasteiger charge is -2.06. The molecule has 0 fully saturated rings. The summed E-state index contributed by atoms with van der Waals surface area (Å²) in [6.07, 6.45) is 1.53. The lowest BCUT2D eigenvalue weighted by Crippen LogP contribution is -2.36. The Hall–Kier alpha value is -2.11. The van der Waals surface area contributed by atoms with Gasteiger partial charge in [-0.2, -0.15) is 0 Å². The fourth-order valence-electron chi connectivity index (χ4n) is 1.23. The monoisotopic (exact) mass is 236 g/mol. The summed E-state index contributed by atoms with van der Waals surface area (Å²) in [5, 5.41) is 7.96. The van der Waals surface area contributed by atoms with E-state index in [1.165, 1.54) is 6.20 Å². The number of pyridine rings is 1. The van der Waals surface area contributed by atoms with Crippen LogP contribution >= 0.6 is 0 Å². The highest BCUT2D eigenvalue weighted by Crippen LogP contribution is 2.05. The van der Waals surface area contributed by atoms with Crippen molar-refractivity contribution in [2.45, 2.75) is 6.92 Å². The zero-order valence-electron chi connectivity index (χ0n) is 9.91. The molecule has 2 amide bonds. The summed E-state index contributed by atoms with van der Waals surface area (Å²) in [4.78, 5) is 26.8. The van der Waals surface area contributed by atoms with Crippen molar-refractivity contribution in [3.63, 3.8) is 0 Å². The van der Waals surface area contributed by atoms with Crippen LogP contribution in [0, 0.1) is 0 Å². The number of amides is 2. The molecule has 17 heavy (non-hydrogen) atoms. The molecule has 0 aliphatic heterocycles. The van der Waals surface area contributed by atoms with Gasteiger partial charge in [-0.25, -0.2) is 4.98 Å². The zero-order valence-corrected chi connectivity index (χ0v) is 9.91. The van der Waals surface area contributed by atoms with Crippen molar-refractivity contribution in [2.75, 3.05) is 25.5 Å². The number of anilines is 1. The number of hydrogen-bond donors (Lipinski definition) is 3. The predicted molar refractivity (Wildman–Crippen MR) is 64.8 cm³/mol. The van der Waals surface area contributed by atoms with Gasteiger partial charge in [0.25, 0.3) is 5.91 Å². The Morgan fingerprint density at radius 2 is 2.12 bits per heavy atom. The zero-order chi connectivity index (χ0) is 12.7. The van der Waals surface area contributed by atoms with Crippen molar-refractivity contribution in [3.8, 4) is 0 Å². The third kappa shape index (κ3) is 4.10. The molecule has 0 radical (unpaired) electrons. The van der Waals surface area contributed by atoms with Crippen molar-refractivity contribution in [2.24, 2.45) is 0 Å². The molecule has 1 aromatic rings. The lowest BCUT2D eigenvalue weighted by atomic mass is 10.2. The first-order valence-electron chi connectivity index (χ1n) is 5.36. The van der Waals surface area contributed by atoms with E-state index < -0.39 is 0 Å². The van der Waals surface area contributed by atoms with E-state index in [-0.39, 0.29) is 18.4 Å². The molecule has 3 N–H and O–H groups in total. The number of nitrogens with zero attached hydrogens (tertiary/aromatic N) is 1. The van der Waals surface area contributed by atoms with Gasteiger partial charge in [0.2, 0.25) is 5.91 Å². The highest BCUT2D eigenvalue weighted by atomic mass is 16.2. The maximum atomic E-state index is 11.7. The molecule has 6 heteroatoms. The van der Waals surface area contributed by atoms with E-state index in [0.717, 1.165) is 0 Å². The Morgan fingerprint density at radius 1 is 1.35 bits per heavy atom. The number of nitrogens with one attached hydrogen (secondary N) is 3. The summed E-state index contributed by atoms with van der Waals surface area (Å²) in [5.74, 6) is 0.106. The summed E-state index contributed by atoms with van der Waals surface area (Å²) in [6, 6.07) is 3.21. The van der Waals surface area contributed by atoms with Crippen LogP contribution in [-0.2, 0) is 4.79 Å². The SMILES string of the molecule is CCNC(=O)CNC(=O)c1ccnc(NC)c1. The molecule has 0 unspecified atom stereocenters. The molecule has 6 nitrogen and oxygen atoms in total. The number of carbonyl (C=O) groups is 2. The molecule has 0 atom stereocenters. The van der Waals surface area contributed by atoms with E-state index in [9.17, 15) is 9.59 Å². The van der Waals surface area contributed by atoms with Crippen LogP contribution in [0.2, 0.25) is 0 Å². The number of rotatable bonds is 5. The molecular formula is C11H16N4O2. The van der Waals surface area contributed by atoms with Crippen molar-refractivity contribution < 1.29 is 9.59 Å². The van der Waals surface area contributed by atoms with E-state index in [1.54, 1.807) is 19.2 Å². The van der Waals surface area contributed by atoms with E-state index in [2.05, 4.69) is 20.9 Å². The summed E-state index contributed by atoms with van der Waals surface area (Å²) >= 11 is 0. The molecule has 0 spiro atoms. The highest BCUT2D eigenvalue weighted by Gasteiger charge is 2.07. The average Bonchev–Trinajstić information content (AvgIpc) is 2.36. The van der Waals surface area contributed by atoms with Crippen LogP contribution in [0.15, 0.2) is 18.3 Å². The molecule has 1 aromatic heterocycles. The van der Waals surface area contributed by atoms with Gasteiger partial charge in [-0.05, 0) is 19.1 Å². The Morgan fingerprint density at radius 3 is 2.76 bits per heavy atom. The molecular weight excluding hydrogens is 220 g/mol. The van der Waals surface area contributed by atoms with Gasteiger partial charge >= 0.3 is 0 Å². The van der Waals surface area contributed by atoms with Gasteiger partial charge in [-0.1, -0.05) is 0 Å². The maximum Gasteiger partial charge on any atom is 0.251 e. The molecule has 0 saturated heterocycles. The summed E-state index contributed by atoms with van der Waals surface area (Å²) in [6.45, 7) is 2.35.